The average molecular weight is 150 g/mol. The van der Waals surface area contributed by atoms with Crippen LogP contribution in [0.15, 0.2) is 12.3 Å². The van der Waals surface area contributed by atoms with Gasteiger partial charge in [0.2, 0.25) is 0 Å². The van der Waals surface area contributed by atoms with Crippen molar-refractivity contribution in [2.75, 3.05) is 7.05 Å². The van der Waals surface area contributed by atoms with E-state index in [4.69, 9.17) is 0 Å². The normalized spacial score (nSPS) is 10.1. The Kier molecular flexibility index (Phi) is 2.60. The molecule has 0 spiro atoms. The zero-order chi connectivity index (χ0) is 8.27. The van der Waals surface area contributed by atoms with Crippen LogP contribution in [0.1, 0.15) is 16.8 Å². The van der Waals surface area contributed by atoms with Crippen LogP contribution in [0.2, 0.25) is 0 Å². The lowest BCUT2D eigenvalue weighted by Crippen LogP contribution is -2.07. The lowest BCUT2D eigenvalue weighted by molar-refractivity contribution is 0.805. The summed E-state index contributed by atoms with van der Waals surface area (Å²) in [5.41, 5.74) is 3.67. The Hall–Kier alpha value is -0.890. The highest BCUT2D eigenvalue weighted by molar-refractivity contribution is 5.24. The SMILES string of the molecule is CNCc1cnc(C)cc1C. The Morgan fingerprint density at radius 3 is 2.73 bits per heavy atom. The summed E-state index contributed by atoms with van der Waals surface area (Å²) >= 11 is 0. The van der Waals surface area contributed by atoms with E-state index < -0.39 is 0 Å². The fourth-order valence-electron chi connectivity index (χ4n) is 1.10. The van der Waals surface area contributed by atoms with Crippen molar-refractivity contribution >= 4 is 0 Å². The van der Waals surface area contributed by atoms with Crippen LogP contribution >= 0.6 is 0 Å². The molecule has 2 heteroatoms. The van der Waals surface area contributed by atoms with E-state index in [0.29, 0.717) is 0 Å². The molecule has 0 atom stereocenters. The van der Waals surface area contributed by atoms with Crippen molar-refractivity contribution in [2.45, 2.75) is 20.4 Å². The van der Waals surface area contributed by atoms with Crippen molar-refractivity contribution in [3.8, 4) is 0 Å². The summed E-state index contributed by atoms with van der Waals surface area (Å²) < 4.78 is 0. The third kappa shape index (κ3) is 2.02. The van der Waals surface area contributed by atoms with Crippen LogP contribution in [-0.4, -0.2) is 12.0 Å². The molecule has 1 rings (SSSR count). The van der Waals surface area contributed by atoms with Crippen LogP contribution in [0.4, 0.5) is 0 Å². The molecule has 0 aliphatic carbocycles. The zero-order valence-corrected chi connectivity index (χ0v) is 7.31. The van der Waals surface area contributed by atoms with Gasteiger partial charge in [-0.3, -0.25) is 4.98 Å². The number of aromatic nitrogens is 1. The summed E-state index contributed by atoms with van der Waals surface area (Å²) in [5, 5.41) is 3.10. The third-order valence-corrected chi connectivity index (χ3v) is 1.72. The second-order valence-electron chi connectivity index (χ2n) is 2.78. The predicted octanol–water partition coefficient (Wildman–Crippen LogP) is 1.42. The molecule has 60 valence electrons. The van der Waals surface area contributed by atoms with E-state index in [1.54, 1.807) is 0 Å². The number of hydrogen-bond donors (Lipinski definition) is 1. The maximum Gasteiger partial charge on any atom is 0.0375 e. The van der Waals surface area contributed by atoms with Gasteiger partial charge in [-0.1, -0.05) is 0 Å². The van der Waals surface area contributed by atoms with Crippen LogP contribution in [0, 0.1) is 13.8 Å². The number of rotatable bonds is 2. The number of pyridine rings is 1. The van der Waals surface area contributed by atoms with Crippen molar-refractivity contribution in [3.05, 3.63) is 29.1 Å². The molecule has 0 saturated heterocycles. The van der Waals surface area contributed by atoms with Gasteiger partial charge in [0.25, 0.3) is 0 Å². The summed E-state index contributed by atoms with van der Waals surface area (Å²) in [6.07, 6.45) is 1.93. The van der Waals surface area contributed by atoms with Gasteiger partial charge in [-0.2, -0.15) is 0 Å². The highest BCUT2D eigenvalue weighted by Crippen LogP contribution is 2.06. The second kappa shape index (κ2) is 3.49. The summed E-state index contributed by atoms with van der Waals surface area (Å²) in [6, 6.07) is 2.10. The second-order valence-corrected chi connectivity index (χ2v) is 2.78. The molecular weight excluding hydrogens is 136 g/mol. The number of aryl methyl sites for hydroxylation is 2. The van der Waals surface area contributed by atoms with Gasteiger partial charge in [0.1, 0.15) is 0 Å². The van der Waals surface area contributed by atoms with E-state index in [1.807, 2.05) is 20.2 Å². The Bertz CT molecular complexity index is 243. The van der Waals surface area contributed by atoms with E-state index in [-0.39, 0.29) is 0 Å². The predicted molar refractivity (Wildman–Crippen MR) is 46.5 cm³/mol. The number of nitrogens with one attached hydrogen (secondary N) is 1. The quantitative estimate of drug-likeness (QED) is 0.689. The smallest absolute Gasteiger partial charge is 0.0375 e. The van der Waals surface area contributed by atoms with Crippen molar-refractivity contribution < 1.29 is 0 Å². The van der Waals surface area contributed by atoms with E-state index in [2.05, 4.69) is 23.3 Å². The lowest BCUT2D eigenvalue weighted by atomic mass is 10.1. The van der Waals surface area contributed by atoms with Gasteiger partial charge in [0, 0.05) is 18.4 Å². The standard InChI is InChI=1S/C9H14N2/c1-7-4-8(2)11-6-9(7)5-10-3/h4,6,10H,5H2,1-3H3. The van der Waals surface area contributed by atoms with Gasteiger partial charge in [0.15, 0.2) is 0 Å². The first-order valence-corrected chi connectivity index (χ1v) is 3.80. The summed E-state index contributed by atoms with van der Waals surface area (Å²) in [6.45, 7) is 5.02. The first-order valence-electron chi connectivity index (χ1n) is 3.80. The Labute approximate surface area is 67.7 Å². The van der Waals surface area contributed by atoms with Crippen molar-refractivity contribution in [3.63, 3.8) is 0 Å². The van der Waals surface area contributed by atoms with Crippen LogP contribution < -0.4 is 5.32 Å². The molecule has 0 amide bonds. The molecule has 0 fully saturated rings. The van der Waals surface area contributed by atoms with Crippen LogP contribution in [-0.2, 0) is 6.54 Å². The van der Waals surface area contributed by atoms with E-state index >= 15 is 0 Å². The molecule has 2 nitrogen and oxygen atoms in total. The van der Waals surface area contributed by atoms with Gasteiger partial charge >= 0.3 is 0 Å². The molecule has 0 bridgehead atoms. The van der Waals surface area contributed by atoms with Gasteiger partial charge in [-0.15, -0.1) is 0 Å². The molecule has 0 unspecified atom stereocenters. The molecule has 0 radical (unpaired) electrons. The maximum absolute atomic E-state index is 4.22. The van der Waals surface area contributed by atoms with Crippen molar-refractivity contribution in [1.29, 1.82) is 0 Å². The summed E-state index contributed by atoms with van der Waals surface area (Å²) in [7, 11) is 1.94. The van der Waals surface area contributed by atoms with E-state index in [9.17, 15) is 0 Å². The monoisotopic (exact) mass is 150 g/mol. The molecule has 0 aliphatic heterocycles. The Balaban J connectivity index is 2.90. The largest absolute Gasteiger partial charge is 0.316 e. The lowest BCUT2D eigenvalue weighted by Gasteiger charge is -2.04. The molecule has 11 heavy (non-hydrogen) atoms. The molecule has 1 aromatic rings. The zero-order valence-electron chi connectivity index (χ0n) is 7.31. The molecule has 0 aliphatic rings. The highest BCUT2D eigenvalue weighted by Gasteiger charge is 1.96. The molecule has 1 heterocycles. The average Bonchev–Trinajstić information content (AvgIpc) is 1.95. The van der Waals surface area contributed by atoms with Crippen LogP contribution in [0.3, 0.4) is 0 Å². The van der Waals surface area contributed by atoms with E-state index in [1.165, 1.54) is 11.1 Å². The fraction of sp³-hybridized carbons (Fsp3) is 0.444. The minimum absolute atomic E-state index is 0.902. The summed E-state index contributed by atoms with van der Waals surface area (Å²) in [4.78, 5) is 4.22. The van der Waals surface area contributed by atoms with Crippen molar-refractivity contribution in [2.24, 2.45) is 0 Å². The molecule has 1 aromatic heterocycles. The minimum Gasteiger partial charge on any atom is -0.316 e. The number of nitrogens with zero attached hydrogens (tertiary/aromatic N) is 1. The fourth-order valence-corrected chi connectivity index (χ4v) is 1.10. The van der Waals surface area contributed by atoms with Crippen LogP contribution in [0.5, 0.6) is 0 Å². The Morgan fingerprint density at radius 2 is 2.18 bits per heavy atom. The third-order valence-electron chi connectivity index (χ3n) is 1.72. The van der Waals surface area contributed by atoms with Gasteiger partial charge in [0.05, 0.1) is 0 Å². The molecular formula is C9H14N2. The first-order chi connectivity index (χ1) is 5.24. The van der Waals surface area contributed by atoms with Gasteiger partial charge in [-0.25, -0.2) is 0 Å². The highest BCUT2D eigenvalue weighted by atomic mass is 14.8. The number of hydrogen-bond acceptors (Lipinski definition) is 2. The van der Waals surface area contributed by atoms with Gasteiger partial charge in [-0.05, 0) is 38.1 Å². The molecule has 1 N–H and O–H groups in total. The minimum atomic E-state index is 0.902. The summed E-state index contributed by atoms with van der Waals surface area (Å²) in [5.74, 6) is 0. The topological polar surface area (TPSA) is 24.9 Å². The van der Waals surface area contributed by atoms with E-state index in [0.717, 1.165) is 12.2 Å². The molecule has 0 aromatic carbocycles. The molecule has 0 saturated carbocycles. The van der Waals surface area contributed by atoms with Crippen LogP contribution in [0.25, 0.3) is 0 Å². The van der Waals surface area contributed by atoms with Crippen molar-refractivity contribution in [1.82, 2.24) is 10.3 Å². The van der Waals surface area contributed by atoms with Gasteiger partial charge < -0.3 is 5.32 Å². The first kappa shape index (κ1) is 8.21. The Morgan fingerprint density at radius 1 is 1.45 bits per heavy atom. The maximum atomic E-state index is 4.22.